The van der Waals surface area contributed by atoms with Crippen LogP contribution in [0.3, 0.4) is 0 Å². The third-order valence-electron chi connectivity index (χ3n) is 9.44. The predicted octanol–water partition coefficient (Wildman–Crippen LogP) is 5.57. The Hall–Kier alpha value is -4.18. The summed E-state index contributed by atoms with van der Waals surface area (Å²) in [7, 11) is 0. The molecule has 4 unspecified atom stereocenters. The van der Waals surface area contributed by atoms with Crippen LogP contribution in [0.4, 0.5) is 16.2 Å². The number of halogens is 1. The normalized spacial score (nSPS) is 23.5. The molecule has 3 aliphatic heterocycles. The number of anilines is 2. The van der Waals surface area contributed by atoms with Gasteiger partial charge < -0.3 is 26.6 Å². The predicted molar refractivity (Wildman–Crippen MR) is 182 cm³/mol. The molecule has 240 valence electrons. The molecule has 3 heterocycles. The summed E-state index contributed by atoms with van der Waals surface area (Å²) in [6.45, 7) is 6.80. The Bertz CT molecular complexity index is 1560. The summed E-state index contributed by atoms with van der Waals surface area (Å²) < 4.78 is 0. The second-order valence-corrected chi connectivity index (χ2v) is 12.9. The number of rotatable bonds is 8. The van der Waals surface area contributed by atoms with Crippen LogP contribution in [0.1, 0.15) is 54.3 Å². The number of fused-ring (bicyclic) bond motifs is 1. The first-order valence-electron chi connectivity index (χ1n) is 16.1. The van der Waals surface area contributed by atoms with Gasteiger partial charge in [-0.3, -0.25) is 14.5 Å². The van der Waals surface area contributed by atoms with E-state index in [1.54, 1.807) is 18.2 Å². The lowest BCUT2D eigenvalue weighted by molar-refractivity contribution is -0.129. The fourth-order valence-electron chi connectivity index (χ4n) is 7.01. The van der Waals surface area contributed by atoms with Crippen LogP contribution in [-0.4, -0.2) is 54.5 Å². The first-order valence-corrected chi connectivity index (χ1v) is 16.4. The van der Waals surface area contributed by atoms with Crippen molar-refractivity contribution >= 4 is 40.8 Å². The highest BCUT2D eigenvalue weighted by Crippen LogP contribution is 2.42. The molecule has 3 fully saturated rings. The fourth-order valence-corrected chi connectivity index (χ4v) is 7.17. The van der Waals surface area contributed by atoms with Crippen LogP contribution in [0.2, 0.25) is 5.02 Å². The quantitative estimate of drug-likeness (QED) is 0.207. The highest BCUT2D eigenvalue weighted by Gasteiger charge is 2.42. The number of carbonyl (C=O) groups is 3. The second-order valence-electron chi connectivity index (χ2n) is 12.5. The molecule has 9 nitrogen and oxygen atoms in total. The number of hydrogen-bond acceptors (Lipinski definition) is 5. The molecule has 5 N–H and O–H groups in total. The van der Waals surface area contributed by atoms with E-state index in [0.717, 1.165) is 57.9 Å². The average molecular weight is 641 g/mol. The minimum atomic E-state index is -0.377. The Morgan fingerprint density at radius 3 is 2.43 bits per heavy atom. The van der Waals surface area contributed by atoms with E-state index >= 15 is 0 Å². The Morgan fingerprint density at radius 2 is 1.70 bits per heavy atom. The first-order chi connectivity index (χ1) is 22.4. The van der Waals surface area contributed by atoms with Gasteiger partial charge in [0.2, 0.25) is 11.8 Å². The van der Waals surface area contributed by atoms with Crippen molar-refractivity contribution in [1.29, 1.82) is 0 Å². The van der Waals surface area contributed by atoms with E-state index in [1.807, 2.05) is 6.07 Å². The van der Waals surface area contributed by atoms with E-state index in [4.69, 9.17) is 11.6 Å². The molecule has 4 amide bonds. The van der Waals surface area contributed by atoms with E-state index < -0.39 is 0 Å². The van der Waals surface area contributed by atoms with Crippen LogP contribution in [0.15, 0.2) is 85.5 Å². The number of amides is 4. The first kappa shape index (κ1) is 31.8. The van der Waals surface area contributed by atoms with Crippen molar-refractivity contribution in [1.82, 2.24) is 20.9 Å². The Morgan fingerprint density at radius 1 is 0.935 bits per heavy atom. The van der Waals surface area contributed by atoms with Gasteiger partial charge in [-0.2, -0.15) is 0 Å². The Labute approximate surface area is 275 Å². The van der Waals surface area contributed by atoms with Crippen LogP contribution in [0.25, 0.3) is 0 Å². The molecule has 0 radical (unpaired) electrons. The summed E-state index contributed by atoms with van der Waals surface area (Å²) in [5.41, 5.74) is 4.72. The van der Waals surface area contributed by atoms with Gasteiger partial charge in [-0.15, -0.1) is 0 Å². The molecule has 0 saturated carbocycles. The highest BCUT2D eigenvalue weighted by atomic mass is 35.5. The summed E-state index contributed by atoms with van der Waals surface area (Å²) in [6.07, 6.45) is 4.67. The van der Waals surface area contributed by atoms with E-state index in [1.165, 1.54) is 16.7 Å². The zero-order valence-corrected chi connectivity index (χ0v) is 26.6. The lowest BCUT2D eigenvalue weighted by Crippen LogP contribution is -2.56. The van der Waals surface area contributed by atoms with Crippen molar-refractivity contribution in [2.45, 2.75) is 56.3 Å². The van der Waals surface area contributed by atoms with Gasteiger partial charge in [-0.05, 0) is 66.6 Å². The molecule has 6 rings (SSSR count). The zero-order chi connectivity index (χ0) is 32.0. The molecule has 0 aromatic heterocycles. The minimum absolute atomic E-state index is 0.0000893. The second kappa shape index (κ2) is 14.5. The highest BCUT2D eigenvalue weighted by molar-refractivity contribution is 6.34. The summed E-state index contributed by atoms with van der Waals surface area (Å²) in [6, 6.07) is 24.6. The summed E-state index contributed by atoms with van der Waals surface area (Å²) in [5, 5.41) is 15.9. The largest absolute Gasteiger partial charge is 0.356 e. The molecule has 0 bridgehead atoms. The molecule has 46 heavy (non-hydrogen) atoms. The van der Waals surface area contributed by atoms with Crippen LogP contribution in [0.5, 0.6) is 0 Å². The number of nitrogens with one attached hydrogen (secondary N) is 5. The molecule has 3 aromatic carbocycles. The van der Waals surface area contributed by atoms with Gasteiger partial charge in [-0.1, -0.05) is 72.8 Å². The number of nitrogens with zero attached hydrogens (tertiary/aromatic N) is 1. The number of likely N-dealkylation sites (tertiary alicyclic amines) is 1. The molecule has 3 aliphatic rings. The maximum atomic E-state index is 12.7. The summed E-state index contributed by atoms with van der Waals surface area (Å²) in [5.74, 6) is 0.0169. The summed E-state index contributed by atoms with van der Waals surface area (Å²) >= 11 is 6.16. The molecular weight excluding hydrogens is 600 g/mol. The third kappa shape index (κ3) is 7.61. The monoisotopic (exact) mass is 640 g/mol. The van der Waals surface area contributed by atoms with Crippen molar-refractivity contribution in [3.05, 3.63) is 107 Å². The molecule has 10 heteroatoms. The van der Waals surface area contributed by atoms with Crippen molar-refractivity contribution < 1.29 is 14.4 Å². The van der Waals surface area contributed by atoms with Gasteiger partial charge >= 0.3 is 6.03 Å². The SMILES string of the molecule is C=CC(=O)Nc1cc(NC(=O)NC2CCN(Cc3ccc(C4NC5CCNC(=O)C5CC4c4ccccc4)cc3)CC2)ccc1Cl. The van der Waals surface area contributed by atoms with Gasteiger partial charge in [0.15, 0.2) is 0 Å². The van der Waals surface area contributed by atoms with E-state index in [9.17, 15) is 14.4 Å². The number of urea groups is 1. The van der Waals surface area contributed by atoms with Gasteiger partial charge in [0.25, 0.3) is 0 Å². The maximum Gasteiger partial charge on any atom is 0.319 e. The average Bonchev–Trinajstić information content (AvgIpc) is 3.07. The number of hydrogen-bond donors (Lipinski definition) is 5. The van der Waals surface area contributed by atoms with Crippen LogP contribution in [-0.2, 0) is 16.1 Å². The van der Waals surface area contributed by atoms with E-state index in [2.05, 4.69) is 86.6 Å². The van der Waals surface area contributed by atoms with Gasteiger partial charge in [0, 0.05) is 55.9 Å². The smallest absolute Gasteiger partial charge is 0.319 e. The van der Waals surface area contributed by atoms with E-state index in [-0.39, 0.29) is 47.8 Å². The zero-order valence-electron chi connectivity index (χ0n) is 25.8. The Balaban J connectivity index is 1.01. The van der Waals surface area contributed by atoms with Gasteiger partial charge in [0.05, 0.1) is 16.6 Å². The molecular formula is C36H41ClN6O3. The topological polar surface area (TPSA) is 115 Å². The fraction of sp³-hybridized carbons (Fsp3) is 0.361. The van der Waals surface area contributed by atoms with Gasteiger partial charge in [-0.25, -0.2) is 4.79 Å². The molecule has 0 spiro atoms. The maximum absolute atomic E-state index is 12.7. The van der Waals surface area contributed by atoms with Crippen molar-refractivity contribution in [2.75, 3.05) is 30.3 Å². The van der Waals surface area contributed by atoms with E-state index in [0.29, 0.717) is 16.4 Å². The number of carbonyl (C=O) groups excluding carboxylic acids is 3. The number of benzene rings is 3. The number of piperidine rings is 3. The third-order valence-corrected chi connectivity index (χ3v) is 9.77. The van der Waals surface area contributed by atoms with Crippen LogP contribution >= 0.6 is 11.6 Å². The molecule has 0 aliphatic carbocycles. The summed E-state index contributed by atoms with van der Waals surface area (Å²) in [4.78, 5) is 39.5. The van der Waals surface area contributed by atoms with Crippen LogP contribution in [0, 0.1) is 5.92 Å². The van der Waals surface area contributed by atoms with Crippen molar-refractivity contribution in [3.8, 4) is 0 Å². The van der Waals surface area contributed by atoms with Crippen LogP contribution < -0.4 is 26.6 Å². The van der Waals surface area contributed by atoms with Gasteiger partial charge in [0.1, 0.15) is 0 Å². The Kier molecular flexibility index (Phi) is 10.0. The lowest BCUT2D eigenvalue weighted by atomic mass is 9.72. The van der Waals surface area contributed by atoms with Crippen molar-refractivity contribution in [3.63, 3.8) is 0 Å². The lowest BCUT2D eigenvalue weighted by Gasteiger charge is -2.44. The standard InChI is InChI=1S/C36H41ClN6O3/c1-2-33(44)41-32-20-27(12-13-30(32)37)40-36(46)39-26-15-18-43(19-16-26)22-23-8-10-25(11-9-23)34-28(24-6-4-3-5-7-24)21-29-31(42-34)14-17-38-35(29)45/h2-13,20,26,28-29,31,34,42H,1,14-19,21-22H2,(H,38,45)(H,41,44)(H2,39,40,46). The molecule has 4 atom stereocenters. The minimum Gasteiger partial charge on any atom is -0.356 e. The van der Waals surface area contributed by atoms with Crippen molar-refractivity contribution in [2.24, 2.45) is 5.92 Å². The molecule has 3 saturated heterocycles. The molecule has 3 aromatic rings.